The minimum Gasteiger partial charge on any atom is -0.339 e. The molecule has 0 aromatic heterocycles. The van der Waals surface area contributed by atoms with E-state index in [-0.39, 0.29) is 30.3 Å². The summed E-state index contributed by atoms with van der Waals surface area (Å²) < 4.78 is 0. The van der Waals surface area contributed by atoms with Crippen LogP contribution in [-0.2, 0) is 4.79 Å². The fraction of sp³-hybridized carbons (Fsp3) is 0.556. The second-order valence-corrected chi connectivity index (χ2v) is 7.06. The minimum atomic E-state index is -0.0887. The van der Waals surface area contributed by atoms with Gasteiger partial charge in [0.2, 0.25) is 5.91 Å². The standard InChI is InChI=1S/C18H26ClN3O2.ClH/c1-12(2)22(3)18(24)14-5-6-15(19)16(10-14)21-17(23)7-4-13-8-9-20-11-13;/h5-6,10,12-13,20H,4,7-9,11H2,1-3H3,(H,21,23);1H. The number of rotatable bonds is 6. The first-order valence-corrected chi connectivity index (χ1v) is 8.83. The Morgan fingerprint density at radius 3 is 2.72 bits per heavy atom. The Morgan fingerprint density at radius 1 is 1.40 bits per heavy atom. The lowest BCUT2D eigenvalue weighted by Crippen LogP contribution is -2.33. The van der Waals surface area contributed by atoms with Crippen LogP contribution in [0.5, 0.6) is 0 Å². The summed E-state index contributed by atoms with van der Waals surface area (Å²) in [4.78, 5) is 26.2. The van der Waals surface area contributed by atoms with Gasteiger partial charge in [0.1, 0.15) is 0 Å². The Morgan fingerprint density at radius 2 is 2.12 bits per heavy atom. The molecule has 2 N–H and O–H groups in total. The molecule has 1 unspecified atom stereocenters. The van der Waals surface area contributed by atoms with E-state index in [1.807, 2.05) is 13.8 Å². The van der Waals surface area contributed by atoms with Crippen LogP contribution >= 0.6 is 24.0 Å². The van der Waals surface area contributed by atoms with Crippen molar-refractivity contribution >= 4 is 41.5 Å². The van der Waals surface area contributed by atoms with E-state index in [9.17, 15) is 9.59 Å². The molecule has 1 fully saturated rings. The number of amides is 2. The predicted octanol–water partition coefficient (Wildman–Crippen LogP) is 3.57. The molecule has 0 radical (unpaired) electrons. The number of benzene rings is 1. The molecular weight excluding hydrogens is 361 g/mol. The molecule has 25 heavy (non-hydrogen) atoms. The summed E-state index contributed by atoms with van der Waals surface area (Å²) in [6.07, 6.45) is 2.46. The van der Waals surface area contributed by atoms with Crippen molar-refractivity contribution in [2.45, 2.75) is 39.2 Å². The predicted molar refractivity (Wildman–Crippen MR) is 105 cm³/mol. The van der Waals surface area contributed by atoms with Crippen molar-refractivity contribution in [2.24, 2.45) is 5.92 Å². The first-order chi connectivity index (χ1) is 11.4. The van der Waals surface area contributed by atoms with Gasteiger partial charge in [0, 0.05) is 25.1 Å². The Bertz CT molecular complexity index is 602. The van der Waals surface area contributed by atoms with Gasteiger partial charge < -0.3 is 15.5 Å². The highest BCUT2D eigenvalue weighted by Gasteiger charge is 2.18. The van der Waals surface area contributed by atoms with Crippen molar-refractivity contribution in [3.63, 3.8) is 0 Å². The van der Waals surface area contributed by atoms with Gasteiger partial charge >= 0.3 is 0 Å². The first-order valence-electron chi connectivity index (χ1n) is 8.45. The number of nitrogens with zero attached hydrogens (tertiary/aromatic N) is 1. The van der Waals surface area contributed by atoms with Gasteiger partial charge in [-0.15, -0.1) is 12.4 Å². The van der Waals surface area contributed by atoms with Crippen molar-refractivity contribution < 1.29 is 9.59 Å². The average molecular weight is 388 g/mol. The lowest BCUT2D eigenvalue weighted by Gasteiger charge is -2.22. The Hall–Kier alpha value is -1.30. The fourth-order valence-electron chi connectivity index (χ4n) is 2.70. The molecule has 2 rings (SSSR count). The summed E-state index contributed by atoms with van der Waals surface area (Å²) in [6, 6.07) is 5.09. The van der Waals surface area contributed by atoms with Crippen LogP contribution < -0.4 is 10.6 Å². The van der Waals surface area contributed by atoms with Crippen LogP contribution in [0.25, 0.3) is 0 Å². The Kier molecular flexibility index (Phi) is 8.69. The van der Waals surface area contributed by atoms with Crippen LogP contribution in [0.2, 0.25) is 5.02 Å². The highest BCUT2D eigenvalue weighted by molar-refractivity contribution is 6.33. The van der Waals surface area contributed by atoms with E-state index in [1.165, 1.54) is 0 Å². The summed E-state index contributed by atoms with van der Waals surface area (Å²) in [5.74, 6) is 0.415. The molecule has 1 aromatic rings. The summed E-state index contributed by atoms with van der Waals surface area (Å²) in [5.41, 5.74) is 1.01. The molecule has 1 saturated heterocycles. The van der Waals surface area contributed by atoms with E-state index < -0.39 is 0 Å². The molecule has 0 aliphatic carbocycles. The Balaban J connectivity index is 0.00000312. The number of carbonyl (C=O) groups excluding carboxylic acids is 2. The molecule has 1 aromatic carbocycles. The van der Waals surface area contributed by atoms with Crippen molar-refractivity contribution in [3.05, 3.63) is 28.8 Å². The summed E-state index contributed by atoms with van der Waals surface area (Å²) in [7, 11) is 1.76. The summed E-state index contributed by atoms with van der Waals surface area (Å²) in [6.45, 7) is 5.92. The van der Waals surface area contributed by atoms with Gasteiger partial charge in [-0.05, 0) is 63.9 Å². The quantitative estimate of drug-likeness (QED) is 0.783. The number of anilines is 1. The third-order valence-electron chi connectivity index (χ3n) is 4.52. The molecule has 0 spiro atoms. The van der Waals surface area contributed by atoms with Crippen molar-refractivity contribution in [3.8, 4) is 0 Å². The zero-order chi connectivity index (χ0) is 17.7. The molecule has 1 heterocycles. The van der Waals surface area contributed by atoms with E-state index in [4.69, 9.17) is 11.6 Å². The van der Waals surface area contributed by atoms with Crippen LogP contribution in [0.3, 0.4) is 0 Å². The van der Waals surface area contributed by atoms with Gasteiger partial charge in [0.05, 0.1) is 10.7 Å². The smallest absolute Gasteiger partial charge is 0.253 e. The lowest BCUT2D eigenvalue weighted by molar-refractivity contribution is -0.116. The van der Waals surface area contributed by atoms with E-state index in [1.54, 1.807) is 30.1 Å². The second kappa shape index (κ2) is 10.00. The van der Waals surface area contributed by atoms with Gasteiger partial charge in [-0.3, -0.25) is 9.59 Å². The zero-order valence-corrected chi connectivity index (χ0v) is 16.5. The molecule has 1 atom stereocenters. The van der Waals surface area contributed by atoms with Crippen molar-refractivity contribution in [1.29, 1.82) is 0 Å². The number of nitrogens with one attached hydrogen (secondary N) is 2. The van der Waals surface area contributed by atoms with E-state index >= 15 is 0 Å². The normalized spacial score (nSPS) is 16.4. The van der Waals surface area contributed by atoms with E-state index in [0.29, 0.717) is 28.6 Å². The minimum absolute atomic E-state index is 0. The lowest BCUT2D eigenvalue weighted by atomic mass is 10.0. The van der Waals surface area contributed by atoms with Crippen LogP contribution in [-0.4, -0.2) is 42.9 Å². The average Bonchev–Trinajstić information content (AvgIpc) is 3.07. The maximum atomic E-state index is 12.4. The maximum absolute atomic E-state index is 12.4. The summed E-state index contributed by atoms with van der Waals surface area (Å²) in [5, 5.41) is 6.57. The molecule has 1 aliphatic rings. The number of halogens is 2. The topological polar surface area (TPSA) is 61.4 Å². The van der Waals surface area contributed by atoms with Gasteiger partial charge in [0.25, 0.3) is 5.91 Å². The van der Waals surface area contributed by atoms with Gasteiger partial charge in [0.15, 0.2) is 0 Å². The zero-order valence-electron chi connectivity index (χ0n) is 15.0. The van der Waals surface area contributed by atoms with Gasteiger partial charge in [-0.25, -0.2) is 0 Å². The fourth-order valence-corrected chi connectivity index (χ4v) is 2.87. The van der Waals surface area contributed by atoms with E-state index in [0.717, 1.165) is 25.9 Å². The largest absolute Gasteiger partial charge is 0.339 e. The third kappa shape index (κ3) is 6.17. The maximum Gasteiger partial charge on any atom is 0.253 e. The SMILES string of the molecule is CC(C)N(C)C(=O)c1ccc(Cl)c(NC(=O)CCC2CCNC2)c1.Cl. The molecule has 0 saturated carbocycles. The summed E-state index contributed by atoms with van der Waals surface area (Å²) >= 11 is 6.16. The van der Waals surface area contributed by atoms with Crippen LogP contribution in [0, 0.1) is 5.92 Å². The molecule has 140 valence electrons. The molecular formula is C18H27Cl2N3O2. The number of hydrogen-bond acceptors (Lipinski definition) is 3. The molecule has 5 nitrogen and oxygen atoms in total. The van der Waals surface area contributed by atoms with Gasteiger partial charge in [-0.1, -0.05) is 11.6 Å². The van der Waals surface area contributed by atoms with Crippen molar-refractivity contribution in [1.82, 2.24) is 10.2 Å². The second-order valence-electron chi connectivity index (χ2n) is 6.65. The molecule has 0 bridgehead atoms. The van der Waals surface area contributed by atoms with Crippen LogP contribution in [0.15, 0.2) is 18.2 Å². The third-order valence-corrected chi connectivity index (χ3v) is 4.85. The molecule has 1 aliphatic heterocycles. The highest BCUT2D eigenvalue weighted by atomic mass is 35.5. The monoisotopic (exact) mass is 387 g/mol. The molecule has 7 heteroatoms. The number of hydrogen-bond donors (Lipinski definition) is 2. The van der Waals surface area contributed by atoms with E-state index in [2.05, 4.69) is 10.6 Å². The number of carbonyl (C=O) groups is 2. The molecule has 2 amide bonds. The highest BCUT2D eigenvalue weighted by Crippen LogP contribution is 2.25. The van der Waals surface area contributed by atoms with Crippen LogP contribution in [0.4, 0.5) is 5.69 Å². The Labute approximate surface area is 160 Å². The van der Waals surface area contributed by atoms with Gasteiger partial charge in [-0.2, -0.15) is 0 Å². The van der Waals surface area contributed by atoms with Crippen molar-refractivity contribution in [2.75, 3.05) is 25.5 Å². The first kappa shape index (κ1) is 21.7. The van der Waals surface area contributed by atoms with Crippen LogP contribution in [0.1, 0.15) is 43.5 Å².